The highest BCUT2D eigenvalue weighted by Crippen LogP contribution is 2.24. The van der Waals surface area contributed by atoms with Gasteiger partial charge in [0.1, 0.15) is 5.65 Å². The highest BCUT2D eigenvalue weighted by atomic mass is 35.5. The van der Waals surface area contributed by atoms with E-state index in [-0.39, 0.29) is 0 Å². The van der Waals surface area contributed by atoms with E-state index >= 15 is 0 Å². The zero-order valence-electron chi connectivity index (χ0n) is 11.0. The van der Waals surface area contributed by atoms with Crippen molar-refractivity contribution in [2.75, 3.05) is 0 Å². The normalized spacial score (nSPS) is 11.5. The largest absolute Gasteiger partial charge is 0.333 e. The van der Waals surface area contributed by atoms with E-state index in [0.717, 1.165) is 33.3 Å². The molecule has 0 unspecified atom stereocenters. The molecule has 1 N–H and O–H groups in total. The molecule has 0 saturated carbocycles. The Hall–Kier alpha value is -1.98. The summed E-state index contributed by atoms with van der Waals surface area (Å²) >= 11 is 7.61. The van der Waals surface area contributed by atoms with E-state index in [1.165, 1.54) is 0 Å². The lowest BCUT2D eigenvalue weighted by Crippen LogP contribution is -1.81. The Morgan fingerprint density at radius 3 is 3.05 bits per heavy atom. The zero-order valence-corrected chi connectivity index (χ0v) is 12.5. The van der Waals surface area contributed by atoms with Gasteiger partial charge in [-0.15, -0.1) is 0 Å². The number of pyridine rings is 1. The van der Waals surface area contributed by atoms with Crippen molar-refractivity contribution in [3.8, 4) is 0 Å². The fourth-order valence-corrected chi connectivity index (χ4v) is 3.17. The maximum Gasteiger partial charge on any atom is 0.166 e. The van der Waals surface area contributed by atoms with E-state index in [1.54, 1.807) is 11.8 Å². The first kappa shape index (κ1) is 12.7. The highest BCUT2D eigenvalue weighted by molar-refractivity contribution is 7.98. The van der Waals surface area contributed by atoms with Crippen LogP contribution in [0, 0.1) is 0 Å². The average Bonchev–Trinajstić information content (AvgIpc) is 3.07. The van der Waals surface area contributed by atoms with Crippen LogP contribution < -0.4 is 0 Å². The van der Waals surface area contributed by atoms with Crippen molar-refractivity contribution in [3.05, 3.63) is 59.5 Å². The lowest BCUT2D eigenvalue weighted by atomic mass is 10.3. The number of aromatic amines is 1. The van der Waals surface area contributed by atoms with Crippen molar-refractivity contribution in [1.82, 2.24) is 19.4 Å². The topological polar surface area (TPSA) is 46.0 Å². The number of imidazole rings is 2. The molecule has 104 valence electrons. The minimum absolute atomic E-state index is 0.711. The van der Waals surface area contributed by atoms with Crippen LogP contribution in [0.3, 0.4) is 0 Å². The lowest BCUT2D eigenvalue weighted by molar-refractivity contribution is 1.07. The van der Waals surface area contributed by atoms with Gasteiger partial charge < -0.3 is 9.38 Å². The van der Waals surface area contributed by atoms with Gasteiger partial charge in [-0.2, -0.15) is 0 Å². The summed E-state index contributed by atoms with van der Waals surface area (Å²) in [5.74, 6) is 0.773. The summed E-state index contributed by atoms with van der Waals surface area (Å²) < 4.78 is 2.02. The minimum Gasteiger partial charge on any atom is -0.333 e. The average molecular weight is 315 g/mol. The van der Waals surface area contributed by atoms with Gasteiger partial charge in [0, 0.05) is 23.2 Å². The quantitative estimate of drug-likeness (QED) is 0.578. The maximum atomic E-state index is 5.98. The second kappa shape index (κ2) is 5.09. The first-order valence-corrected chi connectivity index (χ1v) is 7.85. The molecule has 0 aliphatic heterocycles. The third-order valence-electron chi connectivity index (χ3n) is 3.19. The molecule has 6 heteroatoms. The van der Waals surface area contributed by atoms with Crippen LogP contribution in [0.25, 0.3) is 16.7 Å². The molecule has 1 aromatic carbocycles. The number of halogens is 1. The molecule has 0 spiro atoms. The standard InChI is InChI=1S/C15H11ClN4S/c16-10-4-5-12-13(7-10)19-15(18-12)21-9-11-8-20-6-2-1-3-14(20)17-11/h1-8H,9H2,(H,18,19). The second-order valence-corrected chi connectivity index (χ2v) is 6.09. The van der Waals surface area contributed by atoms with Crippen molar-refractivity contribution in [2.45, 2.75) is 10.9 Å². The predicted molar refractivity (Wildman–Crippen MR) is 85.9 cm³/mol. The molecule has 3 aromatic heterocycles. The Labute approximate surface area is 130 Å². The highest BCUT2D eigenvalue weighted by Gasteiger charge is 2.06. The van der Waals surface area contributed by atoms with Gasteiger partial charge >= 0.3 is 0 Å². The molecule has 0 atom stereocenters. The third-order valence-corrected chi connectivity index (χ3v) is 4.33. The number of nitrogens with zero attached hydrogens (tertiary/aromatic N) is 3. The summed E-state index contributed by atoms with van der Waals surface area (Å²) in [6.45, 7) is 0. The van der Waals surface area contributed by atoms with Crippen LogP contribution in [0.4, 0.5) is 0 Å². The summed E-state index contributed by atoms with van der Waals surface area (Å²) in [6.07, 6.45) is 4.04. The van der Waals surface area contributed by atoms with E-state index in [2.05, 4.69) is 15.0 Å². The Morgan fingerprint density at radius 2 is 2.14 bits per heavy atom. The fourth-order valence-electron chi connectivity index (χ4n) is 2.23. The molecule has 0 bridgehead atoms. The Kier molecular flexibility index (Phi) is 3.09. The number of rotatable bonds is 3. The molecule has 0 radical (unpaired) electrons. The summed E-state index contributed by atoms with van der Waals surface area (Å²) in [7, 11) is 0. The van der Waals surface area contributed by atoms with Gasteiger partial charge in [-0.3, -0.25) is 0 Å². The number of H-pyrrole nitrogens is 1. The Balaban J connectivity index is 1.57. The van der Waals surface area contributed by atoms with Crippen LogP contribution in [0.15, 0.2) is 53.9 Å². The van der Waals surface area contributed by atoms with Gasteiger partial charge in [0.15, 0.2) is 5.16 Å². The molecule has 21 heavy (non-hydrogen) atoms. The summed E-state index contributed by atoms with van der Waals surface area (Å²) in [5, 5.41) is 1.59. The molecule has 0 aliphatic rings. The van der Waals surface area contributed by atoms with Crippen molar-refractivity contribution < 1.29 is 0 Å². The fraction of sp³-hybridized carbons (Fsp3) is 0.0667. The lowest BCUT2D eigenvalue weighted by Gasteiger charge is -1.92. The SMILES string of the molecule is Clc1ccc2nc(SCc3cn4ccccc4n3)[nH]c2c1. The van der Waals surface area contributed by atoms with Crippen molar-refractivity contribution in [2.24, 2.45) is 0 Å². The van der Waals surface area contributed by atoms with E-state index in [4.69, 9.17) is 11.6 Å². The number of aromatic nitrogens is 4. The Bertz CT molecular complexity index is 895. The summed E-state index contributed by atoms with van der Waals surface area (Å²) in [4.78, 5) is 12.4. The number of hydrogen-bond acceptors (Lipinski definition) is 3. The van der Waals surface area contributed by atoms with E-state index < -0.39 is 0 Å². The molecule has 3 heterocycles. The summed E-state index contributed by atoms with van der Waals surface area (Å²) in [5.41, 5.74) is 3.88. The number of benzene rings is 1. The smallest absolute Gasteiger partial charge is 0.166 e. The molecule has 4 rings (SSSR count). The molecule has 0 aliphatic carbocycles. The zero-order chi connectivity index (χ0) is 14.2. The van der Waals surface area contributed by atoms with Crippen LogP contribution in [0.2, 0.25) is 5.02 Å². The molecular formula is C15H11ClN4S. The maximum absolute atomic E-state index is 5.98. The molecule has 4 aromatic rings. The van der Waals surface area contributed by atoms with Crippen LogP contribution in [-0.2, 0) is 5.75 Å². The van der Waals surface area contributed by atoms with Gasteiger partial charge in [0.25, 0.3) is 0 Å². The molecule has 0 amide bonds. The first-order chi connectivity index (χ1) is 10.3. The number of hydrogen-bond donors (Lipinski definition) is 1. The van der Waals surface area contributed by atoms with E-state index in [0.29, 0.717) is 5.02 Å². The second-order valence-electron chi connectivity index (χ2n) is 4.69. The Morgan fingerprint density at radius 1 is 1.19 bits per heavy atom. The van der Waals surface area contributed by atoms with Gasteiger partial charge in [-0.05, 0) is 30.3 Å². The van der Waals surface area contributed by atoms with E-state index in [1.807, 2.05) is 53.2 Å². The number of nitrogens with one attached hydrogen (secondary N) is 1. The van der Waals surface area contributed by atoms with Crippen LogP contribution in [0.1, 0.15) is 5.69 Å². The molecule has 4 nitrogen and oxygen atoms in total. The van der Waals surface area contributed by atoms with Gasteiger partial charge in [0.2, 0.25) is 0 Å². The minimum atomic E-state index is 0.711. The van der Waals surface area contributed by atoms with Crippen molar-refractivity contribution in [1.29, 1.82) is 0 Å². The van der Waals surface area contributed by atoms with Gasteiger partial charge in [-0.1, -0.05) is 29.4 Å². The van der Waals surface area contributed by atoms with Crippen LogP contribution >= 0.6 is 23.4 Å². The van der Waals surface area contributed by atoms with Gasteiger partial charge in [-0.25, -0.2) is 9.97 Å². The molecular weight excluding hydrogens is 304 g/mol. The summed E-state index contributed by atoms with van der Waals surface area (Å²) in [6, 6.07) is 11.6. The number of thioether (sulfide) groups is 1. The van der Waals surface area contributed by atoms with E-state index in [9.17, 15) is 0 Å². The third kappa shape index (κ3) is 2.50. The van der Waals surface area contributed by atoms with Crippen LogP contribution in [-0.4, -0.2) is 19.4 Å². The monoisotopic (exact) mass is 314 g/mol. The van der Waals surface area contributed by atoms with Crippen LogP contribution in [0.5, 0.6) is 0 Å². The number of fused-ring (bicyclic) bond motifs is 2. The molecule has 0 saturated heterocycles. The van der Waals surface area contributed by atoms with Crippen molar-refractivity contribution >= 4 is 40.0 Å². The first-order valence-electron chi connectivity index (χ1n) is 6.49. The molecule has 0 fully saturated rings. The van der Waals surface area contributed by atoms with Gasteiger partial charge in [0.05, 0.1) is 16.7 Å². The van der Waals surface area contributed by atoms with Crippen molar-refractivity contribution in [3.63, 3.8) is 0 Å². The predicted octanol–water partition coefficient (Wildman–Crippen LogP) is 4.16.